The van der Waals surface area contributed by atoms with Crippen molar-refractivity contribution >= 4 is 17.2 Å². The topological polar surface area (TPSA) is 74.2 Å². The number of hydrogen-bond acceptors (Lipinski definition) is 5. The molecule has 1 saturated heterocycles. The molecule has 1 aromatic heterocycles. The third kappa shape index (κ3) is 3.60. The van der Waals surface area contributed by atoms with Crippen LogP contribution in [0.15, 0.2) is 29.8 Å². The zero-order chi connectivity index (χ0) is 16.2. The summed E-state index contributed by atoms with van der Waals surface area (Å²) in [5.74, 6) is -0.0380. The van der Waals surface area contributed by atoms with E-state index in [1.807, 2.05) is 36.7 Å². The van der Waals surface area contributed by atoms with Crippen LogP contribution in [0.4, 0.5) is 0 Å². The zero-order valence-corrected chi connectivity index (χ0v) is 13.9. The number of carbonyl (C=O) groups is 1. The van der Waals surface area contributed by atoms with Crippen LogP contribution in [0.25, 0.3) is 10.4 Å². The van der Waals surface area contributed by atoms with Crippen LogP contribution in [-0.4, -0.2) is 35.2 Å². The van der Waals surface area contributed by atoms with Gasteiger partial charge in [-0.25, -0.2) is 4.98 Å². The molecular formula is C17H21N3O2S. The Bertz CT molecular complexity index is 663. The zero-order valence-electron chi connectivity index (χ0n) is 13.1. The number of aryl methyl sites for hydroxylation is 1. The van der Waals surface area contributed by atoms with E-state index in [-0.39, 0.29) is 24.6 Å². The summed E-state index contributed by atoms with van der Waals surface area (Å²) in [6, 6.07) is 7.43. The number of thiazole rings is 1. The lowest BCUT2D eigenvalue weighted by atomic mass is 10.0. The number of amides is 1. The first-order chi connectivity index (χ1) is 11.2. The van der Waals surface area contributed by atoms with E-state index < -0.39 is 0 Å². The average molecular weight is 331 g/mol. The molecule has 0 spiro atoms. The van der Waals surface area contributed by atoms with Crippen LogP contribution in [0.2, 0.25) is 0 Å². The monoisotopic (exact) mass is 331 g/mol. The number of nitrogens with zero attached hydrogens (tertiary/aromatic N) is 1. The van der Waals surface area contributed by atoms with Crippen LogP contribution in [0.3, 0.4) is 0 Å². The molecule has 5 nitrogen and oxygen atoms in total. The molecular weight excluding hydrogens is 310 g/mol. The highest BCUT2D eigenvalue weighted by atomic mass is 32.1. The molecule has 1 unspecified atom stereocenters. The van der Waals surface area contributed by atoms with Crippen molar-refractivity contribution < 1.29 is 9.90 Å². The fourth-order valence-electron chi connectivity index (χ4n) is 2.86. The van der Waals surface area contributed by atoms with Gasteiger partial charge >= 0.3 is 0 Å². The molecule has 1 amide bonds. The first-order valence-corrected chi connectivity index (χ1v) is 8.72. The Morgan fingerprint density at radius 3 is 2.83 bits per heavy atom. The van der Waals surface area contributed by atoms with Gasteiger partial charge in [0.2, 0.25) is 5.91 Å². The predicted octanol–water partition coefficient (Wildman–Crippen LogP) is 2.02. The quantitative estimate of drug-likeness (QED) is 0.784. The van der Waals surface area contributed by atoms with Gasteiger partial charge in [0.25, 0.3) is 0 Å². The van der Waals surface area contributed by atoms with Gasteiger partial charge in [-0.15, -0.1) is 11.3 Å². The molecule has 122 valence electrons. The van der Waals surface area contributed by atoms with Crippen molar-refractivity contribution in [2.45, 2.75) is 31.8 Å². The highest BCUT2D eigenvalue weighted by Crippen LogP contribution is 2.28. The molecule has 6 heteroatoms. The van der Waals surface area contributed by atoms with Crippen LogP contribution in [-0.2, 0) is 4.79 Å². The van der Waals surface area contributed by atoms with Crippen molar-refractivity contribution in [3.63, 3.8) is 0 Å². The molecule has 23 heavy (non-hydrogen) atoms. The second-order valence-electron chi connectivity index (χ2n) is 5.78. The van der Waals surface area contributed by atoms with Crippen molar-refractivity contribution in [2.24, 2.45) is 0 Å². The van der Waals surface area contributed by atoms with E-state index in [2.05, 4.69) is 15.6 Å². The van der Waals surface area contributed by atoms with Crippen molar-refractivity contribution in [1.29, 1.82) is 0 Å². The second kappa shape index (κ2) is 7.21. The van der Waals surface area contributed by atoms with Crippen molar-refractivity contribution in [1.82, 2.24) is 15.6 Å². The van der Waals surface area contributed by atoms with Gasteiger partial charge < -0.3 is 15.7 Å². The Balaban J connectivity index is 1.71. The standard InChI is InChI=1S/C17H21N3O2S/c1-11-16(23-10-19-11)13-6-4-12(5-7-13)15(9-21)20-17(22)14-3-2-8-18-14/h4-7,10,14-15,18,21H,2-3,8-9H2,1H3,(H,20,22)/t14?,15-/m0/s1. The van der Waals surface area contributed by atoms with Crippen LogP contribution >= 0.6 is 11.3 Å². The van der Waals surface area contributed by atoms with Crippen LogP contribution in [0.5, 0.6) is 0 Å². The Hall–Kier alpha value is -1.76. The van der Waals surface area contributed by atoms with Crippen molar-refractivity contribution in [3.8, 4) is 10.4 Å². The largest absolute Gasteiger partial charge is 0.394 e. The summed E-state index contributed by atoms with van der Waals surface area (Å²) < 4.78 is 0. The van der Waals surface area contributed by atoms with Gasteiger partial charge in [0, 0.05) is 0 Å². The lowest BCUT2D eigenvalue weighted by Gasteiger charge is -2.19. The van der Waals surface area contributed by atoms with Gasteiger partial charge in [0.05, 0.1) is 34.8 Å². The molecule has 0 aliphatic carbocycles. The van der Waals surface area contributed by atoms with Gasteiger partial charge in [-0.1, -0.05) is 24.3 Å². The van der Waals surface area contributed by atoms with Gasteiger partial charge in [-0.2, -0.15) is 0 Å². The Kier molecular flexibility index (Phi) is 5.05. The number of carbonyl (C=O) groups excluding carboxylic acids is 1. The van der Waals surface area contributed by atoms with Crippen LogP contribution < -0.4 is 10.6 Å². The Labute approximate surface area is 139 Å². The maximum atomic E-state index is 12.2. The Morgan fingerprint density at radius 1 is 1.48 bits per heavy atom. The van der Waals surface area contributed by atoms with Gasteiger partial charge in [-0.05, 0) is 37.4 Å². The van der Waals surface area contributed by atoms with E-state index in [1.54, 1.807) is 11.3 Å². The van der Waals surface area contributed by atoms with Crippen molar-refractivity contribution in [2.75, 3.05) is 13.2 Å². The maximum Gasteiger partial charge on any atom is 0.237 e. The predicted molar refractivity (Wildman–Crippen MR) is 91.3 cm³/mol. The molecule has 2 aromatic rings. The third-order valence-electron chi connectivity index (χ3n) is 4.20. The molecule has 3 rings (SSSR count). The number of benzene rings is 1. The molecule has 1 aromatic carbocycles. The average Bonchev–Trinajstić information content (AvgIpc) is 3.24. The first kappa shape index (κ1) is 16.1. The number of aliphatic hydroxyl groups is 1. The van der Waals surface area contributed by atoms with Crippen LogP contribution in [0, 0.1) is 6.92 Å². The van der Waals surface area contributed by atoms with E-state index in [1.165, 1.54) is 0 Å². The summed E-state index contributed by atoms with van der Waals surface area (Å²) in [4.78, 5) is 17.6. The SMILES string of the molecule is Cc1ncsc1-c1ccc([C@H](CO)NC(=O)C2CCCN2)cc1. The van der Waals surface area contributed by atoms with Gasteiger partial charge in [0.15, 0.2) is 0 Å². The summed E-state index contributed by atoms with van der Waals surface area (Å²) in [7, 11) is 0. The molecule has 3 N–H and O–H groups in total. The van der Waals surface area contributed by atoms with E-state index in [9.17, 15) is 9.90 Å². The second-order valence-corrected chi connectivity index (χ2v) is 6.64. The molecule has 1 aliphatic heterocycles. The Morgan fingerprint density at radius 2 is 2.26 bits per heavy atom. The molecule has 1 fully saturated rings. The number of aliphatic hydroxyl groups excluding tert-OH is 1. The first-order valence-electron chi connectivity index (χ1n) is 7.84. The maximum absolute atomic E-state index is 12.2. The van der Waals surface area contributed by atoms with E-state index in [4.69, 9.17) is 0 Å². The van der Waals surface area contributed by atoms with Crippen molar-refractivity contribution in [3.05, 3.63) is 41.0 Å². The van der Waals surface area contributed by atoms with Gasteiger partial charge in [-0.3, -0.25) is 4.79 Å². The molecule has 1 aliphatic rings. The highest BCUT2D eigenvalue weighted by molar-refractivity contribution is 7.13. The number of hydrogen-bond donors (Lipinski definition) is 3. The molecule has 2 heterocycles. The minimum absolute atomic E-state index is 0.0380. The molecule has 0 bridgehead atoms. The number of rotatable bonds is 5. The summed E-state index contributed by atoms with van der Waals surface area (Å²) in [6.07, 6.45) is 1.87. The van der Waals surface area contributed by atoms with Gasteiger partial charge in [0.1, 0.15) is 0 Å². The normalized spacial score (nSPS) is 18.8. The lowest BCUT2D eigenvalue weighted by molar-refractivity contribution is -0.123. The van der Waals surface area contributed by atoms with E-state index in [0.29, 0.717) is 0 Å². The summed E-state index contributed by atoms with van der Waals surface area (Å²) in [5.41, 5.74) is 4.87. The fourth-order valence-corrected chi connectivity index (χ4v) is 3.67. The van der Waals surface area contributed by atoms with Crippen LogP contribution in [0.1, 0.15) is 30.1 Å². The highest BCUT2D eigenvalue weighted by Gasteiger charge is 2.24. The van der Waals surface area contributed by atoms with E-state index >= 15 is 0 Å². The minimum Gasteiger partial charge on any atom is -0.394 e. The fraction of sp³-hybridized carbons (Fsp3) is 0.412. The summed E-state index contributed by atoms with van der Waals surface area (Å²) >= 11 is 1.61. The molecule has 0 radical (unpaired) electrons. The molecule has 2 atom stereocenters. The summed E-state index contributed by atoms with van der Waals surface area (Å²) in [6.45, 7) is 2.76. The van der Waals surface area contributed by atoms with E-state index in [0.717, 1.165) is 41.1 Å². The minimum atomic E-state index is -0.374. The number of nitrogens with one attached hydrogen (secondary N) is 2. The number of aromatic nitrogens is 1. The lowest BCUT2D eigenvalue weighted by Crippen LogP contribution is -2.42. The summed E-state index contributed by atoms with van der Waals surface area (Å²) in [5, 5.41) is 15.7. The molecule has 0 saturated carbocycles. The smallest absolute Gasteiger partial charge is 0.237 e. The third-order valence-corrected chi connectivity index (χ3v) is 5.17.